The molecule has 2 N–H and O–H groups in total. The fourth-order valence-electron chi connectivity index (χ4n) is 2.50. The van der Waals surface area contributed by atoms with Crippen LogP contribution in [0, 0.1) is 11.3 Å². The second kappa shape index (κ2) is 3.61. The van der Waals surface area contributed by atoms with Gasteiger partial charge in [0, 0.05) is 6.04 Å². The predicted molar refractivity (Wildman–Crippen MR) is 53.9 cm³/mol. The van der Waals surface area contributed by atoms with E-state index in [1.165, 1.54) is 19.3 Å². The van der Waals surface area contributed by atoms with E-state index in [4.69, 9.17) is 5.73 Å². The minimum absolute atomic E-state index is 0.333. The fraction of sp³-hybridized carbons (Fsp3) is 0.818. The second-order valence-electron chi connectivity index (χ2n) is 4.68. The van der Waals surface area contributed by atoms with Crippen molar-refractivity contribution in [2.75, 3.05) is 0 Å². The molecule has 0 aliphatic heterocycles. The first-order valence-electron chi connectivity index (χ1n) is 4.94. The lowest BCUT2D eigenvalue weighted by atomic mass is 9.77. The van der Waals surface area contributed by atoms with E-state index in [0.717, 1.165) is 6.42 Å². The summed E-state index contributed by atoms with van der Waals surface area (Å²) in [6.07, 6.45) is 6.90. The standard InChI is InChI=1S/C11H21N/c1-4-6-10(12)9-7-5-8-11(9,2)3/h4,9-10H,1,5-8,12H2,2-3H3. The van der Waals surface area contributed by atoms with Crippen molar-refractivity contribution in [3.8, 4) is 0 Å². The molecule has 1 rings (SSSR count). The van der Waals surface area contributed by atoms with Crippen molar-refractivity contribution in [1.29, 1.82) is 0 Å². The van der Waals surface area contributed by atoms with Gasteiger partial charge in [-0.25, -0.2) is 0 Å². The maximum absolute atomic E-state index is 6.09. The van der Waals surface area contributed by atoms with Crippen LogP contribution in [-0.2, 0) is 0 Å². The number of hydrogen-bond donors (Lipinski definition) is 1. The van der Waals surface area contributed by atoms with E-state index in [1.807, 2.05) is 6.08 Å². The second-order valence-corrected chi connectivity index (χ2v) is 4.68. The molecule has 0 amide bonds. The molecule has 0 saturated heterocycles. The van der Waals surface area contributed by atoms with Crippen LogP contribution in [0.5, 0.6) is 0 Å². The summed E-state index contributed by atoms with van der Waals surface area (Å²) in [5, 5.41) is 0. The van der Waals surface area contributed by atoms with Gasteiger partial charge in [0.05, 0.1) is 0 Å². The Bertz CT molecular complexity index is 160. The Kier molecular flexibility index (Phi) is 2.94. The molecule has 1 fully saturated rings. The molecule has 0 heterocycles. The average molecular weight is 167 g/mol. The van der Waals surface area contributed by atoms with E-state index >= 15 is 0 Å². The molecule has 1 aliphatic rings. The average Bonchev–Trinajstić information content (AvgIpc) is 2.30. The van der Waals surface area contributed by atoms with Crippen molar-refractivity contribution in [3.63, 3.8) is 0 Å². The molecule has 1 heteroatoms. The van der Waals surface area contributed by atoms with Crippen LogP contribution in [0.25, 0.3) is 0 Å². The summed E-state index contributed by atoms with van der Waals surface area (Å²) in [4.78, 5) is 0. The Labute approximate surface area is 76.0 Å². The molecule has 1 nitrogen and oxygen atoms in total. The Hall–Kier alpha value is -0.300. The zero-order chi connectivity index (χ0) is 9.19. The van der Waals surface area contributed by atoms with Crippen molar-refractivity contribution in [2.45, 2.75) is 45.6 Å². The molecule has 0 aromatic carbocycles. The lowest BCUT2D eigenvalue weighted by molar-refractivity contribution is 0.221. The highest BCUT2D eigenvalue weighted by Gasteiger charge is 2.37. The van der Waals surface area contributed by atoms with Crippen LogP contribution in [0.4, 0.5) is 0 Å². The molecule has 12 heavy (non-hydrogen) atoms. The molecule has 1 aliphatic carbocycles. The van der Waals surface area contributed by atoms with E-state index < -0.39 is 0 Å². The van der Waals surface area contributed by atoms with E-state index in [2.05, 4.69) is 20.4 Å². The maximum atomic E-state index is 6.09. The van der Waals surface area contributed by atoms with E-state index in [-0.39, 0.29) is 0 Å². The topological polar surface area (TPSA) is 26.0 Å². The summed E-state index contributed by atoms with van der Waals surface area (Å²) in [6.45, 7) is 8.42. The third-order valence-corrected chi connectivity index (χ3v) is 3.30. The normalized spacial score (nSPS) is 30.1. The van der Waals surface area contributed by atoms with Gasteiger partial charge in [0.2, 0.25) is 0 Å². The van der Waals surface area contributed by atoms with E-state index in [1.54, 1.807) is 0 Å². The number of hydrogen-bond acceptors (Lipinski definition) is 1. The van der Waals surface area contributed by atoms with Crippen LogP contribution in [0.3, 0.4) is 0 Å². The highest BCUT2D eigenvalue weighted by atomic mass is 14.7. The molecule has 2 unspecified atom stereocenters. The molecule has 70 valence electrons. The molecular formula is C11H21N. The summed E-state index contributed by atoms with van der Waals surface area (Å²) in [5.74, 6) is 0.704. The molecular weight excluding hydrogens is 146 g/mol. The first-order valence-corrected chi connectivity index (χ1v) is 4.94. The Balaban J connectivity index is 2.55. The van der Waals surface area contributed by atoms with Gasteiger partial charge in [-0.3, -0.25) is 0 Å². The Morgan fingerprint density at radius 3 is 2.75 bits per heavy atom. The molecule has 2 atom stereocenters. The van der Waals surface area contributed by atoms with Gasteiger partial charge < -0.3 is 5.73 Å². The summed E-state index contributed by atoms with van der Waals surface area (Å²) in [7, 11) is 0. The quantitative estimate of drug-likeness (QED) is 0.643. The molecule has 1 saturated carbocycles. The molecule has 0 radical (unpaired) electrons. The highest BCUT2D eigenvalue weighted by molar-refractivity contribution is 4.93. The molecule has 0 spiro atoms. The lowest BCUT2D eigenvalue weighted by Crippen LogP contribution is -2.35. The van der Waals surface area contributed by atoms with Crippen molar-refractivity contribution >= 4 is 0 Å². The molecule has 0 aromatic heterocycles. The van der Waals surface area contributed by atoms with Gasteiger partial charge in [0.15, 0.2) is 0 Å². The summed E-state index contributed by atoms with van der Waals surface area (Å²) < 4.78 is 0. The lowest BCUT2D eigenvalue weighted by Gasteiger charge is -2.31. The van der Waals surface area contributed by atoms with Crippen LogP contribution in [0.1, 0.15) is 39.5 Å². The van der Waals surface area contributed by atoms with Gasteiger partial charge in [-0.1, -0.05) is 26.3 Å². The molecule has 0 bridgehead atoms. The Morgan fingerprint density at radius 1 is 1.67 bits per heavy atom. The van der Waals surface area contributed by atoms with E-state index in [9.17, 15) is 0 Å². The third-order valence-electron chi connectivity index (χ3n) is 3.30. The number of nitrogens with two attached hydrogens (primary N) is 1. The first kappa shape index (κ1) is 9.79. The van der Waals surface area contributed by atoms with Crippen LogP contribution in [0.15, 0.2) is 12.7 Å². The predicted octanol–water partition coefficient (Wildman–Crippen LogP) is 2.72. The monoisotopic (exact) mass is 167 g/mol. The van der Waals surface area contributed by atoms with Gasteiger partial charge in [-0.05, 0) is 30.6 Å². The van der Waals surface area contributed by atoms with Crippen LogP contribution in [-0.4, -0.2) is 6.04 Å². The smallest absolute Gasteiger partial charge is 0.0107 e. The third kappa shape index (κ3) is 1.89. The van der Waals surface area contributed by atoms with Crippen molar-refractivity contribution in [1.82, 2.24) is 0 Å². The maximum Gasteiger partial charge on any atom is 0.0107 e. The summed E-state index contributed by atoms with van der Waals surface area (Å²) in [6, 6.07) is 0.333. The largest absolute Gasteiger partial charge is 0.327 e. The van der Waals surface area contributed by atoms with E-state index in [0.29, 0.717) is 17.4 Å². The van der Waals surface area contributed by atoms with Gasteiger partial charge in [-0.2, -0.15) is 0 Å². The summed E-state index contributed by atoms with van der Waals surface area (Å²) in [5.41, 5.74) is 6.55. The van der Waals surface area contributed by atoms with Crippen molar-refractivity contribution < 1.29 is 0 Å². The SMILES string of the molecule is C=CCC(N)C1CCCC1(C)C. The minimum atomic E-state index is 0.333. The zero-order valence-electron chi connectivity index (χ0n) is 8.34. The molecule has 0 aromatic rings. The van der Waals surface area contributed by atoms with Crippen LogP contribution in [0.2, 0.25) is 0 Å². The Morgan fingerprint density at radius 2 is 2.33 bits per heavy atom. The van der Waals surface area contributed by atoms with Gasteiger partial charge in [0.25, 0.3) is 0 Å². The van der Waals surface area contributed by atoms with Crippen LogP contribution >= 0.6 is 0 Å². The van der Waals surface area contributed by atoms with Crippen molar-refractivity contribution in [3.05, 3.63) is 12.7 Å². The number of rotatable bonds is 3. The zero-order valence-corrected chi connectivity index (χ0v) is 8.34. The minimum Gasteiger partial charge on any atom is -0.327 e. The summed E-state index contributed by atoms with van der Waals surface area (Å²) >= 11 is 0. The first-order chi connectivity index (χ1) is 5.58. The fourth-order valence-corrected chi connectivity index (χ4v) is 2.50. The highest BCUT2D eigenvalue weighted by Crippen LogP contribution is 2.44. The van der Waals surface area contributed by atoms with Gasteiger partial charge in [0.1, 0.15) is 0 Å². The van der Waals surface area contributed by atoms with Gasteiger partial charge in [-0.15, -0.1) is 6.58 Å². The van der Waals surface area contributed by atoms with Gasteiger partial charge >= 0.3 is 0 Å². The van der Waals surface area contributed by atoms with Crippen molar-refractivity contribution in [2.24, 2.45) is 17.1 Å². The van der Waals surface area contributed by atoms with Crippen LogP contribution < -0.4 is 5.73 Å².